The van der Waals surface area contributed by atoms with Gasteiger partial charge in [0.1, 0.15) is 5.75 Å². The molecule has 3 amide bonds. The minimum Gasteiger partial charge on any atom is -0.482 e. The number of para-hydroxylation sites is 2. The highest BCUT2D eigenvalue weighted by Gasteiger charge is 2.32. The molecular formula is C23H24N6O4S. The third-order valence-electron chi connectivity index (χ3n) is 5.20. The normalized spacial score (nSPS) is 13.6. The average molecular weight is 481 g/mol. The molecule has 1 atom stereocenters. The van der Waals surface area contributed by atoms with Crippen LogP contribution in [0, 0.1) is 0 Å². The number of carbonyl (C=O) groups excluding carboxylic acids is 3. The highest BCUT2D eigenvalue weighted by atomic mass is 32.2. The molecule has 2 aromatic carbocycles. The number of ether oxygens (including phenoxy) is 1. The number of aromatic nitrogens is 3. The third kappa shape index (κ3) is 5.04. The van der Waals surface area contributed by atoms with Crippen LogP contribution in [0.15, 0.2) is 53.7 Å². The lowest BCUT2D eigenvalue weighted by molar-refractivity contribution is -0.122. The van der Waals surface area contributed by atoms with E-state index in [0.717, 1.165) is 0 Å². The van der Waals surface area contributed by atoms with Gasteiger partial charge >= 0.3 is 0 Å². The second-order valence-electron chi connectivity index (χ2n) is 7.69. The highest BCUT2D eigenvalue weighted by molar-refractivity contribution is 7.99. The van der Waals surface area contributed by atoms with E-state index < -0.39 is 0 Å². The molecule has 0 saturated heterocycles. The van der Waals surface area contributed by atoms with E-state index in [-0.39, 0.29) is 36.1 Å². The maximum Gasteiger partial charge on any atom is 0.265 e. The van der Waals surface area contributed by atoms with Gasteiger partial charge in [0.2, 0.25) is 11.8 Å². The predicted molar refractivity (Wildman–Crippen MR) is 129 cm³/mol. The molecule has 0 aliphatic carbocycles. The van der Waals surface area contributed by atoms with Crippen molar-refractivity contribution >= 4 is 46.5 Å². The van der Waals surface area contributed by atoms with E-state index in [4.69, 9.17) is 4.74 Å². The predicted octanol–water partition coefficient (Wildman–Crippen LogP) is 2.99. The quantitative estimate of drug-likeness (QED) is 0.499. The van der Waals surface area contributed by atoms with Crippen LogP contribution < -0.4 is 20.3 Å². The minimum absolute atomic E-state index is 0.0349. The lowest BCUT2D eigenvalue weighted by atomic mass is 10.1. The molecule has 1 aliphatic rings. The van der Waals surface area contributed by atoms with Crippen molar-refractivity contribution in [1.82, 2.24) is 14.8 Å². The molecule has 176 valence electrons. The van der Waals surface area contributed by atoms with Gasteiger partial charge in [0, 0.05) is 25.3 Å². The summed E-state index contributed by atoms with van der Waals surface area (Å²) in [6.07, 6.45) is 0. The molecule has 4 rings (SSSR count). The zero-order valence-corrected chi connectivity index (χ0v) is 19.8. The first kappa shape index (κ1) is 23.3. The van der Waals surface area contributed by atoms with Gasteiger partial charge in [-0.3, -0.25) is 19.3 Å². The van der Waals surface area contributed by atoms with Gasteiger partial charge in [-0.25, -0.2) is 0 Å². The molecule has 3 aromatic rings. The molecule has 2 N–H and O–H groups in total. The summed E-state index contributed by atoms with van der Waals surface area (Å²) in [5.41, 5.74) is 1.96. The number of anilines is 3. The van der Waals surface area contributed by atoms with Crippen molar-refractivity contribution < 1.29 is 19.1 Å². The summed E-state index contributed by atoms with van der Waals surface area (Å²) in [6, 6.07) is 13.9. The average Bonchev–Trinajstić information content (AvgIpc) is 3.18. The molecule has 0 spiro atoms. The second kappa shape index (κ2) is 9.96. The Bertz CT molecular complexity index is 1230. The van der Waals surface area contributed by atoms with Gasteiger partial charge in [0.05, 0.1) is 17.5 Å². The first-order valence-electron chi connectivity index (χ1n) is 10.6. The summed E-state index contributed by atoms with van der Waals surface area (Å²) < 4.78 is 7.31. The van der Waals surface area contributed by atoms with E-state index in [1.54, 1.807) is 33.7 Å². The number of thioether (sulfide) groups is 1. The van der Waals surface area contributed by atoms with Crippen LogP contribution in [0.2, 0.25) is 0 Å². The van der Waals surface area contributed by atoms with Crippen LogP contribution in [0.4, 0.5) is 17.1 Å². The molecule has 0 unspecified atom stereocenters. The number of benzene rings is 2. The Labute approximate surface area is 200 Å². The van der Waals surface area contributed by atoms with Crippen LogP contribution in [0.5, 0.6) is 5.75 Å². The van der Waals surface area contributed by atoms with Gasteiger partial charge in [-0.15, -0.1) is 10.2 Å². The Balaban J connectivity index is 1.39. The van der Waals surface area contributed by atoms with Crippen LogP contribution >= 0.6 is 11.8 Å². The Morgan fingerprint density at radius 2 is 1.76 bits per heavy atom. The van der Waals surface area contributed by atoms with E-state index in [1.165, 1.54) is 18.7 Å². The number of nitrogens with one attached hydrogen (secondary N) is 2. The second-order valence-corrected chi connectivity index (χ2v) is 8.63. The zero-order valence-electron chi connectivity index (χ0n) is 18.9. The monoisotopic (exact) mass is 480 g/mol. The zero-order chi connectivity index (χ0) is 24.2. The van der Waals surface area contributed by atoms with Crippen molar-refractivity contribution in [3.63, 3.8) is 0 Å². The summed E-state index contributed by atoms with van der Waals surface area (Å²) in [5, 5.41) is 14.6. The summed E-state index contributed by atoms with van der Waals surface area (Å²) >= 11 is 1.25. The van der Waals surface area contributed by atoms with E-state index in [9.17, 15) is 14.4 Å². The molecule has 0 fully saturated rings. The number of fused-ring (bicyclic) bond motifs is 1. The van der Waals surface area contributed by atoms with Crippen molar-refractivity contribution in [2.45, 2.75) is 25.0 Å². The first-order chi connectivity index (χ1) is 16.3. The van der Waals surface area contributed by atoms with Crippen LogP contribution in [0.3, 0.4) is 0 Å². The van der Waals surface area contributed by atoms with Crippen LogP contribution in [0.25, 0.3) is 0 Å². The van der Waals surface area contributed by atoms with Crippen molar-refractivity contribution in [2.75, 3.05) is 27.9 Å². The number of nitrogens with zero attached hydrogens (tertiary/aromatic N) is 4. The molecule has 0 bridgehead atoms. The van der Waals surface area contributed by atoms with E-state index in [2.05, 4.69) is 20.8 Å². The SMILES string of the molecule is CC(=O)Nc1ccc(NC(=O)CSc2nnc([C@H](C)N3C(=O)COc4ccccc43)n2C)cc1. The van der Waals surface area contributed by atoms with Crippen molar-refractivity contribution in [2.24, 2.45) is 7.05 Å². The van der Waals surface area contributed by atoms with Gasteiger partial charge in [-0.1, -0.05) is 23.9 Å². The number of rotatable bonds is 7. The van der Waals surface area contributed by atoms with E-state index in [0.29, 0.717) is 33.8 Å². The fourth-order valence-electron chi connectivity index (χ4n) is 3.64. The molecule has 10 nitrogen and oxygen atoms in total. The smallest absolute Gasteiger partial charge is 0.265 e. The van der Waals surface area contributed by atoms with E-state index >= 15 is 0 Å². The lowest BCUT2D eigenvalue weighted by Gasteiger charge is -2.33. The molecule has 34 heavy (non-hydrogen) atoms. The van der Waals surface area contributed by atoms with Gasteiger partial charge < -0.3 is 19.9 Å². The van der Waals surface area contributed by atoms with Crippen molar-refractivity contribution in [3.05, 3.63) is 54.4 Å². The molecule has 2 heterocycles. The van der Waals surface area contributed by atoms with Crippen molar-refractivity contribution in [3.8, 4) is 5.75 Å². The lowest BCUT2D eigenvalue weighted by Crippen LogP contribution is -2.41. The number of amides is 3. The standard InChI is InChI=1S/C23H24N6O4S/c1-14(29-18-6-4-5-7-19(18)33-12-21(29)32)22-26-27-23(28(22)3)34-13-20(31)25-17-10-8-16(9-11-17)24-15(2)30/h4-11,14H,12-13H2,1-3H3,(H,24,30)(H,25,31)/t14-/m0/s1. The Morgan fingerprint density at radius 3 is 2.47 bits per heavy atom. The molecule has 0 radical (unpaired) electrons. The fraction of sp³-hybridized carbons (Fsp3) is 0.261. The number of hydrogen-bond donors (Lipinski definition) is 2. The van der Waals surface area contributed by atoms with Crippen LogP contribution in [-0.4, -0.2) is 44.8 Å². The summed E-state index contributed by atoms with van der Waals surface area (Å²) in [5.74, 6) is 0.855. The van der Waals surface area contributed by atoms with Gasteiger partial charge in [0.15, 0.2) is 17.6 Å². The Kier molecular flexibility index (Phi) is 6.82. The maximum atomic E-state index is 12.6. The number of carbonyl (C=O) groups is 3. The summed E-state index contributed by atoms with van der Waals surface area (Å²) in [7, 11) is 1.81. The fourth-order valence-corrected chi connectivity index (χ4v) is 4.36. The molecule has 0 saturated carbocycles. The topological polar surface area (TPSA) is 118 Å². The molecule has 1 aliphatic heterocycles. The van der Waals surface area contributed by atoms with E-state index in [1.807, 2.05) is 38.2 Å². The summed E-state index contributed by atoms with van der Waals surface area (Å²) in [4.78, 5) is 37.8. The maximum absolute atomic E-state index is 12.6. The van der Waals surface area contributed by atoms with Gasteiger partial charge in [-0.05, 0) is 43.3 Å². The van der Waals surface area contributed by atoms with Gasteiger partial charge in [0.25, 0.3) is 5.91 Å². The third-order valence-corrected chi connectivity index (χ3v) is 6.22. The Morgan fingerprint density at radius 1 is 1.09 bits per heavy atom. The number of hydrogen-bond acceptors (Lipinski definition) is 7. The molecular weight excluding hydrogens is 456 g/mol. The summed E-state index contributed by atoms with van der Waals surface area (Å²) in [6.45, 7) is 3.28. The molecule has 1 aromatic heterocycles. The highest BCUT2D eigenvalue weighted by Crippen LogP contribution is 2.37. The largest absolute Gasteiger partial charge is 0.482 e. The van der Waals surface area contributed by atoms with Gasteiger partial charge in [-0.2, -0.15) is 0 Å². The van der Waals surface area contributed by atoms with Crippen molar-refractivity contribution in [1.29, 1.82) is 0 Å². The molecule has 11 heteroatoms. The minimum atomic E-state index is -0.375. The first-order valence-corrected chi connectivity index (χ1v) is 11.6. The van der Waals surface area contributed by atoms with Crippen LogP contribution in [-0.2, 0) is 21.4 Å². The van der Waals surface area contributed by atoms with Crippen LogP contribution in [0.1, 0.15) is 25.7 Å². The Hall–Kier alpha value is -3.86.